The highest BCUT2D eigenvalue weighted by atomic mass is 35.5. The first-order chi connectivity index (χ1) is 5.54. The number of hydrogen-bond acceptors (Lipinski definition) is 1. The van der Waals surface area contributed by atoms with Crippen LogP contribution in [-0.4, -0.2) is 5.24 Å². The van der Waals surface area contributed by atoms with Crippen molar-refractivity contribution in [2.24, 2.45) is 5.92 Å². The first kappa shape index (κ1) is 11.7. The van der Waals surface area contributed by atoms with Gasteiger partial charge < -0.3 is 0 Å². The van der Waals surface area contributed by atoms with Crippen molar-refractivity contribution in [2.75, 3.05) is 0 Å². The van der Waals surface area contributed by atoms with Crippen molar-refractivity contribution in [2.45, 2.75) is 40.0 Å². The SMILES string of the molecule is CC(C)=CCCCC(C)C(=O)Cl. The average molecular weight is 189 g/mol. The smallest absolute Gasteiger partial charge is 0.224 e. The fourth-order valence-corrected chi connectivity index (χ4v) is 1.04. The van der Waals surface area contributed by atoms with Crippen molar-refractivity contribution < 1.29 is 4.79 Å². The van der Waals surface area contributed by atoms with E-state index in [-0.39, 0.29) is 11.2 Å². The van der Waals surface area contributed by atoms with Crippen LogP contribution in [0.25, 0.3) is 0 Å². The lowest BCUT2D eigenvalue weighted by atomic mass is 10.1. The molecule has 0 N–H and O–H groups in total. The van der Waals surface area contributed by atoms with Crippen molar-refractivity contribution in [3.05, 3.63) is 11.6 Å². The second-order valence-electron chi connectivity index (χ2n) is 3.42. The summed E-state index contributed by atoms with van der Waals surface area (Å²) in [5, 5.41) is -0.216. The molecule has 0 saturated heterocycles. The Morgan fingerprint density at radius 1 is 1.50 bits per heavy atom. The Labute approximate surface area is 79.8 Å². The lowest BCUT2D eigenvalue weighted by Gasteiger charge is -2.03. The predicted molar refractivity (Wildman–Crippen MR) is 53.3 cm³/mol. The van der Waals surface area contributed by atoms with Gasteiger partial charge in [0.2, 0.25) is 5.24 Å². The van der Waals surface area contributed by atoms with Gasteiger partial charge in [-0.2, -0.15) is 0 Å². The van der Waals surface area contributed by atoms with Crippen LogP contribution in [0.15, 0.2) is 11.6 Å². The van der Waals surface area contributed by atoms with Crippen LogP contribution in [0, 0.1) is 5.92 Å². The van der Waals surface area contributed by atoms with E-state index in [0.717, 1.165) is 19.3 Å². The van der Waals surface area contributed by atoms with E-state index in [1.54, 1.807) is 0 Å². The summed E-state index contributed by atoms with van der Waals surface area (Å²) in [6, 6.07) is 0. The molecule has 0 spiro atoms. The van der Waals surface area contributed by atoms with E-state index in [2.05, 4.69) is 19.9 Å². The van der Waals surface area contributed by atoms with E-state index in [4.69, 9.17) is 11.6 Å². The third-order valence-corrected chi connectivity index (χ3v) is 2.15. The van der Waals surface area contributed by atoms with Gasteiger partial charge in [-0.15, -0.1) is 0 Å². The van der Waals surface area contributed by atoms with Gasteiger partial charge in [-0.1, -0.05) is 18.6 Å². The van der Waals surface area contributed by atoms with E-state index >= 15 is 0 Å². The number of unbranched alkanes of at least 4 members (excludes halogenated alkanes) is 1. The van der Waals surface area contributed by atoms with Crippen LogP contribution in [-0.2, 0) is 4.79 Å². The molecule has 0 aromatic carbocycles. The summed E-state index contributed by atoms with van der Waals surface area (Å²) in [6.45, 7) is 6.03. The summed E-state index contributed by atoms with van der Waals surface area (Å²) in [5.41, 5.74) is 1.33. The quantitative estimate of drug-likeness (QED) is 0.367. The highest BCUT2D eigenvalue weighted by molar-refractivity contribution is 6.63. The minimum Gasteiger partial charge on any atom is -0.281 e. The Balaban J connectivity index is 3.44. The number of carbonyl (C=O) groups is 1. The second kappa shape index (κ2) is 6.24. The largest absolute Gasteiger partial charge is 0.281 e. The molecular weight excluding hydrogens is 172 g/mol. The minimum atomic E-state index is -0.216. The number of rotatable bonds is 5. The molecule has 1 nitrogen and oxygen atoms in total. The molecule has 0 bridgehead atoms. The molecule has 0 amide bonds. The zero-order valence-electron chi connectivity index (χ0n) is 8.06. The van der Waals surface area contributed by atoms with Crippen LogP contribution in [0.2, 0.25) is 0 Å². The van der Waals surface area contributed by atoms with Gasteiger partial charge in [-0.05, 0) is 44.7 Å². The van der Waals surface area contributed by atoms with E-state index in [1.165, 1.54) is 5.57 Å². The fraction of sp³-hybridized carbons (Fsp3) is 0.700. The summed E-state index contributed by atoms with van der Waals surface area (Å²) in [7, 11) is 0. The minimum absolute atomic E-state index is 0.0113. The molecule has 2 heteroatoms. The molecule has 0 aliphatic carbocycles. The molecule has 1 atom stereocenters. The third kappa shape index (κ3) is 6.41. The van der Waals surface area contributed by atoms with Crippen LogP contribution < -0.4 is 0 Å². The Kier molecular flexibility index (Phi) is 6.09. The van der Waals surface area contributed by atoms with E-state index in [0.29, 0.717) is 0 Å². The van der Waals surface area contributed by atoms with E-state index < -0.39 is 0 Å². The van der Waals surface area contributed by atoms with Gasteiger partial charge in [-0.25, -0.2) is 0 Å². The van der Waals surface area contributed by atoms with E-state index in [9.17, 15) is 4.79 Å². The Bertz CT molecular complexity index is 169. The molecule has 0 aliphatic rings. The maximum atomic E-state index is 10.6. The Morgan fingerprint density at radius 3 is 2.50 bits per heavy atom. The topological polar surface area (TPSA) is 17.1 Å². The monoisotopic (exact) mass is 188 g/mol. The summed E-state index contributed by atoms with van der Waals surface area (Å²) < 4.78 is 0. The third-order valence-electron chi connectivity index (χ3n) is 1.78. The molecule has 1 unspecified atom stereocenters. The molecule has 70 valence electrons. The van der Waals surface area contributed by atoms with Crippen molar-refractivity contribution in [3.63, 3.8) is 0 Å². The van der Waals surface area contributed by atoms with Crippen LogP contribution in [0.3, 0.4) is 0 Å². The van der Waals surface area contributed by atoms with Gasteiger partial charge in [0, 0.05) is 5.92 Å². The standard InChI is InChI=1S/C10H17ClO/c1-8(2)6-4-5-7-9(3)10(11)12/h6,9H,4-5,7H2,1-3H3. The van der Waals surface area contributed by atoms with Crippen molar-refractivity contribution in [1.29, 1.82) is 0 Å². The lowest BCUT2D eigenvalue weighted by molar-refractivity contribution is -0.114. The van der Waals surface area contributed by atoms with Crippen LogP contribution >= 0.6 is 11.6 Å². The fourth-order valence-electron chi connectivity index (χ4n) is 0.928. The van der Waals surface area contributed by atoms with Crippen LogP contribution in [0.1, 0.15) is 40.0 Å². The van der Waals surface area contributed by atoms with Gasteiger partial charge in [-0.3, -0.25) is 4.79 Å². The van der Waals surface area contributed by atoms with Crippen molar-refractivity contribution in [3.8, 4) is 0 Å². The number of carbonyl (C=O) groups excluding carboxylic acids is 1. The molecule has 0 heterocycles. The Hall–Kier alpha value is -0.300. The number of hydrogen-bond donors (Lipinski definition) is 0. The summed E-state index contributed by atoms with van der Waals surface area (Å²) in [6.07, 6.45) is 5.18. The second-order valence-corrected chi connectivity index (χ2v) is 3.79. The first-order valence-electron chi connectivity index (χ1n) is 4.36. The number of halogens is 1. The highest BCUT2D eigenvalue weighted by Crippen LogP contribution is 2.11. The van der Waals surface area contributed by atoms with Gasteiger partial charge in [0.25, 0.3) is 0 Å². The van der Waals surface area contributed by atoms with Gasteiger partial charge >= 0.3 is 0 Å². The first-order valence-corrected chi connectivity index (χ1v) is 4.74. The molecule has 0 aromatic rings. The lowest BCUT2D eigenvalue weighted by Crippen LogP contribution is -2.02. The molecular formula is C10H17ClO. The van der Waals surface area contributed by atoms with Crippen molar-refractivity contribution >= 4 is 16.8 Å². The van der Waals surface area contributed by atoms with Gasteiger partial charge in [0.15, 0.2) is 0 Å². The zero-order valence-corrected chi connectivity index (χ0v) is 8.82. The maximum Gasteiger partial charge on any atom is 0.224 e. The normalized spacial score (nSPS) is 12.3. The molecule has 12 heavy (non-hydrogen) atoms. The highest BCUT2D eigenvalue weighted by Gasteiger charge is 2.07. The van der Waals surface area contributed by atoms with Gasteiger partial charge in [0.05, 0.1) is 0 Å². The van der Waals surface area contributed by atoms with Gasteiger partial charge in [0.1, 0.15) is 0 Å². The molecule has 0 aliphatic heterocycles. The zero-order chi connectivity index (χ0) is 9.56. The predicted octanol–water partition coefficient (Wildman–Crippen LogP) is 3.52. The van der Waals surface area contributed by atoms with Crippen molar-refractivity contribution in [1.82, 2.24) is 0 Å². The number of allylic oxidation sites excluding steroid dienone is 2. The molecule has 0 fully saturated rings. The molecule has 0 radical (unpaired) electrons. The van der Waals surface area contributed by atoms with E-state index in [1.807, 2.05) is 6.92 Å². The summed E-state index contributed by atoms with van der Waals surface area (Å²) >= 11 is 5.32. The summed E-state index contributed by atoms with van der Waals surface area (Å²) in [5.74, 6) is 0.0113. The summed E-state index contributed by atoms with van der Waals surface area (Å²) in [4.78, 5) is 10.6. The van der Waals surface area contributed by atoms with Crippen LogP contribution in [0.5, 0.6) is 0 Å². The Morgan fingerprint density at radius 2 is 2.08 bits per heavy atom. The van der Waals surface area contributed by atoms with Crippen LogP contribution in [0.4, 0.5) is 0 Å². The molecule has 0 saturated carbocycles. The maximum absolute atomic E-state index is 10.6. The average Bonchev–Trinajstić information content (AvgIpc) is 1.97. The molecule has 0 rings (SSSR count). The molecule has 0 aromatic heterocycles.